The van der Waals surface area contributed by atoms with Crippen LogP contribution < -0.4 is 5.32 Å². The number of nitrogens with zero attached hydrogens (tertiary/aromatic N) is 1. The van der Waals surface area contributed by atoms with E-state index in [1.54, 1.807) is 0 Å². The number of rotatable bonds is 8. The molecule has 19 heavy (non-hydrogen) atoms. The van der Waals surface area contributed by atoms with Crippen LogP contribution in [-0.2, 0) is 14.8 Å². The quantitative estimate of drug-likeness (QED) is 0.689. The van der Waals surface area contributed by atoms with Gasteiger partial charge in [0.25, 0.3) is 0 Å². The fourth-order valence-corrected chi connectivity index (χ4v) is 3.61. The molecule has 0 saturated heterocycles. The number of unbranched alkanes of at least 4 members (excludes halogenated alkanes) is 2. The Hall–Kier alpha value is -0.620. The summed E-state index contributed by atoms with van der Waals surface area (Å²) in [5, 5.41) is 2.80. The lowest BCUT2D eigenvalue weighted by Crippen LogP contribution is -2.45. The van der Waals surface area contributed by atoms with Gasteiger partial charge < -0.3 is 5.32 Å². The highest BCUT2D eigenvalue weighted by Gasteiger charge is 2.30. The fraction of sp³-hybridized carbons (Fsp3) is 0.923. The van der Waals surface area contributed by atoms with Crippen LogP contribution in [0, 0.1) is 0 Å². The normalized spacial score (nSPS) is 17.0. The van der Waals surface area contributed by atoms with E-state index >= 15 is 0 Å². The molecular formula is C13H26N2O3S. The molecule has 5 nitrogen and oxygen atoms in total. The Bertz CT molecular complexity index is 375. The Labute approximate surface area is 116 Å². The van der Waals surface area contributed by atoms with Gasteiger partial charge in [0.2, 0.25) is 15.9 Å². The molecule has 0 aromatic rings. The van der Waals surface area contributed by atoms with Crippen LogP contribution in [0.25, 0.3) is 0 Å². The lowest BCUT2D eigenvalue weighted by molar-refractivity contribution is -0.121. The summed E-state index contributed by atoms with van der Waals surface area (Å²) in [4.78, 5) is 11.8. The van der Waals surface area contributed by atoms with E-state index < -0.39 is 10.0 Å². The van der Waals surface area contributed by atoms with Gasteiger partial charge >= 0.3 is 0 Å². The number of nitrogens with one attached hydrogen (secondary N) is 1. The van der Waals surface area contributed by atoms with E-state index in [-0.39, 0.29) is 18.5 Å². The van der Waals surface area contributed by atoms with Crippen molar-refractivity contribution >= 4 is 15.9 Å². The molecule has 0 aromatic carbocycles. The van der Waals surface area contributed by atoms with E-state index in [2.05, 4.69) is 12.2 Å². The number of hydrogen-bond acceptors (Lipinski definition) is 3. The third kappa shape index (κ3) is 5.91. The van der Waals surface area contributed by atoms with Crippen LogP contribution in [0.1, 0.15) is 51.9 Å². The molecule has 0 aromatic heterocycles. The van der Waals surface area contributed by atoms with Crippen molar-refractivity contribution in [1.29, 1.82) is 0 Å². The molecule has 1 N–H and O–H groups in total. The van der Waals surface area contributed by atoms with Gasteiger partial charge in [-0.25, -0.2) is 8.42 Å². The summed E-state index contributed by atoms with van der Waals surface area (Å²) in [6.45, 7) is 2.71. The summed E-state index contributed by atoms with van der Waals surface area (Å²) in [6, 6.07) is 0.0105. The van der Waals surface area contributed by atoms with Gasteiger partial charge in [-0.05, 0) is 19.3 Å². The predicted molar refractivity (Wildman–Crippen MR) is 76.3 cm³/mol. The second-order valence-electron chi connectivity index (χ2n) is 5.30. The monoisotopic (exact) mass is 290 g/mol. The summed E-state index contributed by atoms with van der Waals surface area (Å²) in [5.74, 6) is -0.187. The van der Waals surface area contributed by atoms with Gasteiger partial charge in [-0.15, -0.1) is 0 Å². The van der Waals surface area contributed by atoms with Crippen LogP contribution in [0.3, 0.4) is 0 Å². The molecule has 1 rings (SSSR count). The predicted octanol–water partition coefficient (Wildman–Crippen LogP) is 1.50. The Morgan fingerprint density at radius 3 is 2.42 bits per heavy atom. The zero-order valence-corrected chi connectivity index (χ0v) is 12.8. The number of sulfonamides is 1. The summed E-state index contributed by atoms with van der Waals surface area (Å²) in [6.07, 6.45) is 8.17. The van der Waals surface area contributed by atoms with Gasteiger partial charge in [0, 0.05) is 12.6 Å². The van der Waals surface area contributed by atoms with Gasteiger partial charge in [-0.1, -0.05) is 32.6 Å². The fourth-order valence-electron chi connectivity index (χ4n) is 2.51. The summed E-state index contributed by atoms with van der Waals surface area (Å²) >= 11 is 0. The first-order chi connectivity index (χ1) is 8.95. The van der Waals surface area contributed by atoms with Crippen molar-refractivity contribution in [3.05, 3.63) is 0 Å². The number of hydrogen-bond donors (Lipinski definition) is 1. The molecule has 0 unspecified atom stereocenters. The second-order valence-corrected chi connectivity index (χ2v) is 7.24. The van der Waals surface area contributed by atoms with Crippen LogP contribution in [0.5, 0.6) is 0 Å². The Balaban J connectivity index is 2.46. The maximum atomic E-state index is 11.8. The highest BCUT2D eigenvalue weighted by molar-refractivity contribution is 7.88. The van der Waals surface area contributed by atoms with E-state index in [0.717, 1.165) is 44.9 Å². The van der Waals surface area contributed by atoms with Crippen molar-refractivity contribution in [1.82, 2.24) is 9.62 Å². The number of carbonyl (C=O) groups excluding carboxylic acids is 1. The van der Waals surface area contributed by atoms with E-state index in [1.165, 1.54) is 10.6 Å². The molecular weight excluding hydrogens is 264 g/mol. The van der Waals surface area contributed by atoms with E-state index in [9.17, 15) is 13.2 Å². The Morgan fingerprint density at radius 2 is 1.89 bits per heavy atom. The minimum Gasteiger partial charge on any atom is -0.355 e. The smallest absolute Gasteiger partial charge is 0.235 e. The van der Waals surface area contributed by atoms with Gasteiger partial charge in [-0.3, -0.25) is 4.79 Å². The maximum absolute atomic E-state index is 11.8. The van der Waals surface area contributed by atoms with Gasteiger partial charge in [0.1, 0.15) is 0 Å². The minimum atomic E-state index is -3.31. The average Bonchev–Trinajstić information content (AvgIpc) is 2.83. The molecule has 0 radical (unpaired) electrons. The van der Waals surface area contributed by atoms with Gasteiger partial charge in [-0.2, -0.15) is 4.31 Å². The first-order valence-electron chi connectivity index (χ1n) is 7.18. The SMILES string of the molecule is CCCCCNC(=O)CN(C1CCCC1)S(C)(=O)=O. The maximum Gasteiger partial charge on any atom is 0.235 e. The van der Waals surface area contributed by atoms with E-state index in [0.29, 0.717) is 6.54 Å². The summed E-state index contributed by atoms with van der Waals surface area (Å²) in [7, 11) is -3.31. The van der Waals surface area contributed by atoms with Crippen molar-refractivity contribution in [2.75, 3.05) is 19.3 Å². The lowest BCUT2D eigenvalue weighted by atomic mass is 10.2. The zero-order valence-electron chi connectivity index (χ0n) is 12.0. The molecule has 1 saturated carbocycles. The number of amides is 1. The highest BCUT2D eigenvalue weighted by atomic mass is 32.2. The van der Waals surface area contributed by atoms with Crippen LogP contribution >= 0.6 is 0 Å². The molecule has 6 heteroatoms. The lowest BCUT2D eigenvalue weighted by Gasteiger charge is -2.25. The second kappa shape index (κ2) is 7.85. The van der Waals surface area contributed by atoms with Crippen molar-refractivity contribution in [2.24, 2.45) is 0 Å². The standard InChI is InChI=1S/C13H26N2O3S/c1-3-4-7-10-14-13(16)11-15(19(2,17)18)12-8-5-6-9-12/h12H,3-11H2,1-2H3,(H,14,16). The van der Waals surface area contributed by atoms with Crippen molar-refractivity contribution in [3.63, 3.8) is 0 Å². The van der Waals surface area contributed by atoms with Gasteiger partial charge in [0.15, 0.2) is 0 Å². The first-order valence-corrected chi connectivity index (χ1v) is 9.03. The summed E-state index contributed by atoms with van der Waals surface area (Å²) in [5.41, 5.74) is 0. The molecule has 1 aliphatic carbocycles. The Kier molecular flexibility index (Phi) is 6.79. The third-order valence-electron chi connectivity index (χ3n) is 3.56. The Morgan fingerprint density at radius 1 is 1.26 bits per heavy atom. The van der Waals surface area contributed by atoms with Crippen molar-refractivity contribution in [2.45, 2.75) is 57.9 Å². The average molecular weight is 290 g/mol. The molecule has 1 aliphatic rings. The third-order valence-corrected chi connectivity index (χ3v) is 4.84. The number of carbonyl (C=O) groups is 1. The minimum absolute atomic E-state index is 0.0105. The summed E-state index contributed by atoms with van der Waals surface area (Å²) < 4.78 is 24.9. The van der Waals surface area contributed by atoms with E-state index in [4.69, 9.17) is 0 Å². The highest BCUT2D eigenvalue weighted by Crippen LogP contribution is 2.24. The first kappa shape index (κ1) is 16.4. The van der Waals surface area contributed by atoms with Crippen LogP contribution in [0.2, 0.25) is 0 Å². The molecule has 0 spiro atoms. The molecule has 1 fully saturated rings. The molecule has 112 valence electrons. The topological polar surface area (TPSA) is 66.5 Å². The van der Waals surface area contributed by atoms with E-state index in [1.807, 2.05) is 0 Å². The van der Waals surface area contributed by atoms with Crippen molar-refractivity contribution < 1.29 is 13.2 Å². The van der Waals surface area contributed by atoms with Gasteiger partial charge in [0.05, 0.1) is 12.8 Å². The van der Waals surface area contributed by atoms with Crippen LogP contribution in [0.4, 0.5) is 0 Å². The molecule has 0 bridgehead atoms. The molecule has 0 atom stereocenters. The molecule has 0 heterocycles. The largest absolute Gasteiger partial charge is 0.355 e. The zero-order chi connectivity index (χ0) is 14.3. The molecule has 1 amide bonds. The van der Waals surface area contributed by atoms with Crippen LogP contribution in [-0.4, -0.2) is 44.0 Å². The molecule has 0 aliphatic heterocycles. The van der Waals surface area contributed by atoms with Crippen LogP contribution in [0.15, 0.2) is 0 Å². The van der Waals surface area contributed by atoms with Crippen molar-refractivity contribution in [3.8, 4) is 0 Å².